The number of methoxy groups -OCH3 is 1. The third kappa shape index (κ3) is 5.37. The number of ether oxygens (including phenoxy) is 1. The first kappa shape index (κ1) is 19.5. The number of carbonyl (C=O) groups excluding carboxylic acids is 1. The van der Waals surface area contributed by atoms with Gasteiger partial charge in [-0.15, -0.1) is 0 Å². The van der Waals surface area contributed by atoms with E-state index in [0.29, 0.717) is 37.0 Å². The van der Waals surface area contributed by atoms with Gasteiger partial charge < -0.3 is 15.4 Å². The summed E-state index contributed by atoms with van der Waals surface area (Å²) in [5.74, 6) is 0.854. The molecule has 1 amide bonds. The Morgan fingerprint density at radius 2 is 1.79 bits per heavy atom. The molecule has 1 aromatic heterocycles. The molecule has 0 aliphatic carbocycles. The summed E-state index contributed by atoms with van der Waals surface area (Å²) in [6.07, 6.45) is 0. The van der Waals surface area contributed by atoms with Crippen LogP contribution in [0.1, 0.15) is 21.6 Å². The first-order valence-corrected chi connectivity index (χ1v) is 9.17. The van der Waals surface area contributed by atoms with E-state index in [1.165, 1.54) is 5.56 Å². The first-order valence-electron chi connectivity index (χ1n) is 9.17. The van der Waals surface area contributed by atoms with Crippen LogP contribution in [0.2, 0.25) is 0 Å². The van der Waals surface area contributed by atoms with Crippen LogP contribution in [0.25, 0.3) is 11.4 Å². The van der Waals surface area contributed by atoms with Gasteiger partial charge in [0.2, 0.25) is 0 Å². The standard InChI is InChI=1S/C22H24N4O2/c1-16-8-10-17(11-9-16)15-24-20-14-19(22(27)23-12-13-28-2)25-21(26-20)18-6-4-3-5-7-18/h3-11,14H,12-13,15H2,1-2H3,(H,23,27)(H,24,25,26). The van der Waals surface area contributed by atoms with Crippen LogP contribution >= 0.6 is 0 Å². The van der Waals surface area contributed by atoms with Crippen LogP contribution in [-0.4, -0.2) is 36.1 Å². The Hall–Kier alpha value is -3.25. The van der Waals surface area contributed by atoms with Crippen LogP contribution in [-0.2, 0) is 11.3 Å². The number of carbonyl (C=O) groups is 1. The zero-order chi connectivity index (χ0) is 19.8. The summed E-state index contributed by atoms with van der Waals surface area (Å²) in [4.78, 5) is 21.5. The summed E-state index contributed by atoms with van der Waals surface area (Å²) in [7, 11) is 1.59. The summed E-state index contributed by atoms with van der Waals surface area (Å²) in [6, 6.07) is 19.6. The zero-order valence-electron chi connectivity index (χ0n) is 16.1. The fraction of sp³-hybridized carbons (Fsp3) is 0.227. The second-order valence-corrected chi connectivity index (χ2v) is 6.42. The van der Waals surface area contributed by atoms with Crippen molar-refractivity contribution in [3.8, 4) is 11.4 Å². The smallest absolute Gasteiger partial charge is 0.270 e. The van der Waals surface area contributed by atoms with Crippen LogP contribution in [0.15, 0.2) is 60.7 Å². The average Bonchev–Trinajstić information content (AvgIpc) is 2.74. The maximum Gasteiger partial charge on any atom is 0.270 e. The molecule has 1 heterocycles. The highest BCUT2D eigenvalue weighted by molar-refractivity contribution is 5.93. The molecule has 0 spiro atoms. The van der Waals surface area contributed by atoms with Crippen LogP contribution in [0, 0.1) is 6.92 Å². The lowest BCUT2D eigenvalue weighted by molar-refractivity contribution is 0.0932. The number of amides is 1. The van der Waals surface area contributed by atoms with Crippen LogP contribution in [0.5, 0.6) is 0 Å². The van der Waals surface area contributed by atoms with E-state index in [-0.39, 0.29) is 5.91 Å². The number of benzene rings is 2. The van der Waals surface area contributed by atoms with Gasteiger partial charge in [0.1, 0.15) is 11.5 Å². The highest BCUT2D eigenvalue weighted by Gasteiger charge is 2.13. The van der Waals surface area contributed by atoms with Gasteiger partial charge in [-0.05, 0) is 12.5 Å². The van der Waals surface area contributed by atoms with Gasteiger partial charge in [-0.2, -0.15) is 0 Å². The third-order valence-corrected chi connectivity index (χ3v) is 4.18. The molecule has 0 aliphatic rings. The Morgan fingerprint density at radius 3 is 2.50 bits per heavy atom. The fourth-order valence-corrected chi connectivity index (χ4v) is 2.63. The van der Waals surface area contributed by atoms with Crippen LogP contribution in [0.4, 0.5) is 5.82 Å². The van der Waals surface area contributed by atoms with E-state index < -0.39 is 0 Å². The molecule has 144 valence electrons. The van der Waals surface area contributed by atoms with Gasteiger partial charge in [0.05, 0.1) is 6.61 Å². The maximum absolute atomic E-state index is 12.5. The Labute approximate surface area is 165 Å². The predicted molar refractivity (Wildman–Crippen MR) is 110 cm³/mol. The van der Waals surface area contributed by atoms with Crippen molar-refractivity contribution in [3.63, 3.8) is 0 Å². The Balaban J connectivity index is 1.84. The van der Waals surface area contributed by atoms with Crippen molar-refractivity contribution in [1.82, 2.24) is 15.3 Å². The quantitative estimate of drug-likeness (QED) is 0.589. The summed E-state index contributed by atoms with van der Waals surface area (Å²) in [6.45, 7) is 3.53. The van der Waals surface area contributed by atoms with E-state index in [9.17, 15) is 4.79 Å². The summed E-state index contributed by atoms with van der Waals surface area (Å²) >= 11 is 0. The molecule has 0 saturated heterocycles. The Bertz CT molecular complexity index is 912. The summed E-state index contributed by atoms with van der Waals surface area (Å²) < 4.78 is 4.98. The van der Waals surface area contributed by atoms with Gasteiger partial charge in [-0.1, -0.05) is 60.2 Å². The predicted octanol–water partition coefficient (Wildman–Crippen LogP) is 3.44. The van der Waals surface area contributed by atoms with Crippen LogP contribution in [0.3, 0.4) is 0 Å². The Kier molecular flexibility index (Phi) is 6.70. The number of hydrogen-bond donors (Lipinski definition) is 2. The zero-order valence-corrected chi connectivity index (χ0v) is 16.1. The molecule has 0 fully saturated rings. The molecule has 2 N–H and O–H groups in total. The number of hydrogen-bond acceptors (Lipinski definition) is 5. The molecule has 3 rings (SSSR count). The summed E-state index contributed by atoms with van der Waals surface area (Å²) in [5, 5.41) is 6.10. The molecule has 0 unspecified atom stereocenters. The number of aromatic nitrogens is 2. The monoisotopic (exact) mass is 376 g/mol. The van der Waals surface area contributed by atoms with Crippen molar-refractivity contribution in [2.45, 2.75) is 13.5 Å². The normalized spacial score (nSPS) is 10.5. The van der Waals surface area contributed by atoms with Crippen molar-refractivity contribution in [2.24, 2.45) is 0 Å². The highest BCUT2D eigenvalue weighted by Crippen LogP contribution is 2.18. The van der Waals surface area contributed by atoms with E-state index in [4.69, 9.17) is 4.74 Å². The number of aryl methyl sites for hydroxylation is 1. The lowest BCUT2D eigenvalue weighted by atomic mass is 10.1. The van der Waals surface area contributed by atoms with Crippen molar-refractivity contribution >= 4 is 11.7 Å². The molecule has 0 radical (unpaired) electrons. The molecule has 28 heavy (non-hydrogen) atoms. The van der Waals surface area contributed by atoms with E-state index in [1.54, 1.807) is 13.2 Å². The minimum absolute atomic E-state index is 0.255. The molecule has 3 aromatic rings. The SMILES string of the molecule is COCCNC(=O)c1cc(NCc2ccc(C)cc2)nc(-c2ccccc2)n1. The maximum atomic E-state index is 12.5. The average molecular weight is 376 g/mol. The molecular weight excluding hydrogens is 352 g/mol. The molecule has 0 saturated carbocycles. The number of anilines is 1. The molecule has 2 aromatic carbocycles. The van der Waals surface area contributed by atoms with Crippen molar-refractivity contribution < 1.29 is 9.53 Å². The minimum Gasteiger partial charge on any atom is -0.383 e. The molecular formula is C22H24N4O2. The van der Waals surface area contributed by atoms with E-state index in [2.05, 4.69) is 51.8 Å². The first-order chi connectivity index (χ1) is 13.7. The topological polar surface area (TPSA) is 76.1 Å². The van der Waals surface area contributed by atoms with Crippen molar-refractivity contribution in [1.29, 1.82) is 0 Å². The molecule has 6 heteroatoms. The lowest BCUT2D eigenvalue weighted by Gasteiger charge is -2.11. The third-order valence-electron chi connectivity index (χ3n) is 4.18. The largest absolute Gasteiger partial charge is 0.383 e. The van der Waals surface area contributed by atoms with Gasteiger partial charge >= 0.3 is 0 Å². The van der Waals surface area contributed by atoms with Gasteiger partial charge in [-0.25, -0.2) is 9.97 Å². The molecule has 0 bridgehead atoms. The fourth-order valence-electron chi connectivity index (χ4n) is 2.63. The molecule has 6 nitrogen and oxygen atoms in total. The Morgan fingerprint density at radius 1 is 1.04 bits per heavy atom. The van der Waals surface area contributed by atoms with Crippen molar-refractivity contribution in [3.05, 3.63) is 77.5 Å². The van der Waals surface area contributed by atoms with E-state index in [1.807, 2.05) is 30.3 Å². The number of rotatable bonds is 8. The second kappa shape index (κ2) is 9.62. The molecule has 0 aliphatic heterocycles. The molecule has 0 atom stereocenters. The number of nitrogens with one attached hydrogen (secondary N) is 2. The van der Waals surface area contributed by atoms with E-state index in [0.717, 1.165) is 11.1 Å². The van der Waals surface area contributed by atoms with Gasteiger partial charge in [0.15, 0.2) is 5.82 Å². The van der Waals surface area contributed by atoms with Gasteiger partial charge in [0, 0.05) is 31.8 Å². The van der Waals surface area contributed by atoms with E-state index >= 15 is 0 Å². The second-order valence-electron chi connectivity index (χ2n) is 6.42. The lowest BCUT2D eigenvalue weighted by Crippen LogP contribution is -2.28. The minimum atomic E-state index is -0.255. The van der Waals surface area contributed by atoms with Gasteiger partial charge in [0.25, 0.3) is 5.91 Å². The number of nitrogens with zero attached hydrogens (tertiary/aromatic N) is 2. The highest BCUT2D eigenvalue weighted by atomic mass is 16.5. The van der Waals surface area contributed by atoms with Gasteiger partial charge in [-0.3, -0.25) is 4.79 Å². The summed E-state index contributed by atoms with van der Waals surface area (Å²) in [5.41, 5.74) is 3.52. The van der Waals surface area contributed by atoms with Crippen molar-refractivity contribution in [2.75, 3.05) is 25.6 Å². The van der Waals surface area contributed by atoms with Crippen LogP contribution < -0.4 is 10.6 Å².